The fraction of sp³-hybridized carbons (Fsp3) is 0.250. The van der Waals surface area contributed by atoms with Crippen molar-refractivity contribution in [2.75, 3.05) is 47.4 Å². The Morgan fingerprint density at radius 3 is 2.27 bits per heavy atom. The summed E-state index contributed by atoms with van der Waals surface area (Å²) in [7, 11) is 0. The zero-order chi connectivity index (χ0) is 20.5. The van der Waals surface area contributed by atoms with Gasteiger partial charge in [-0.3, -0.25) is 15.6 Å². The molecule has 4 aromatic heterocycles. The summed E-state index contributed by atoms with van der Waals surface area (Å²) in [6, 6.07) is 11.7. The zero-order valence-electron chi connectivity index (χ0n) is 16.5. The number of pyridine rings is 2. The van der Waals surface area contributed by atoms with Crippen LogP contribution in [0.1, 0.15) is 6.92 Å². The first-order chi connectivity index (χ1) is 14.7. The van der Waals surface area contributed by atoms with Crippen molar-refractivity contribution in [3.63, 3.8) is 0 Å². The summed E-state index contributed by atoms with van der Waals surface area (Å²) in [5.74, 6) is 1.10. The molecule has 0 unspecified atom stereocenters. The quantitative estimate of drug-likeness (QED) is 0.437. The number of hydrogen-bond acceptors (Lipinski definition) is 7. The minimum atomic E-state index is -0.188. The number of carbonyl (C=O) groups is 1. The first-order valence-electron chi connectivity index (χ1n) is 9.78. The molecule has 10 heteroatoms. The lowest BCUT2D eigenvalue weighted by Crippen LogP contribution is -2.37. The summed E-state index contributed by atoms with van der Waals surface area (Å²) in [4.78, 5) is 13.9. The third-order valence-electron chi connectivity index (χ3n) is 4.98. The van der Waals surface area contributed by atoms with Gasteiger partial charge in [0.2, 0.25) is 5.91 Å². The van der Waals surface area contributed by atoms with E-state index in [0.29, 0.717) is 24.7 Å². The lowest BCUT2D eigenvalue weighted by atomic mass is 10.3. The van der Waals surface area contributed by atoms with Crippen molar-refractivity contribution in [1.29, 1.82) is 0 Å². The van der Waals surface area contributed by atoms with Gasteiger partial charge in [-0.15, -0.1) is 10.2 Å². The molecule has 1 saturated heterocycles. The van der Waals surface area contributed by atoms with Crippen LogP contribution in [0.2, 0.25) is 0 Å². The highest BCUT2D eigenvalue weighted by Gasteiger charge is 2.22. The normalized spacial score (nSPS) is 14.2. The number of ether oxygens (including phenoxy) is 1. The van der Waals surface area contributed by atoms with Gasteiger partial charge in [0.05, 0.1) is 24.2 Å². The van der Waals surface area contributed by atoms with Crippen molar-refractivity contribution < 1.29 is 9.53 Å². The first-order valence-corrected chi connectivity index (χ1v) is 9.78. The molecule has 0 radical (unpaired) electrons. The Bertz CT molecular complexity index is 1210. The van der Waals surface area contributed by atoms with Crippen LogP contribution in [0.5, 0.6) is 0 Å². The van der Waals surface area contributed by atoms with E-state index in [1.807, 2.05) is 53.3 Å². The largest absolute Gasteiger partial charge is 0.378 e. The van der Waals surface area contributed by atoms with Crippen molar-refractivity contribution in [2.45, 2.75) is 6.92 Å². The number of aromatic nitrogens is 4. The summed E-state index contributed by atoms with van der Waals surface area (Å²) >= 11 is 0. The fourth-order valence-electron chi connectivity index (χ4n) is 3.60. The lowest BCUT2D eigenvalue weighted by molar-refractivity contribution is -0.114. The minimum Gasteiger partial charge on any atom is -0.378 e. The second kappa shape index (κ2) is 7.56. The molecule has 0 aliphatic carbocycles. The maximum absolute atomic E-state index is 11.7. The monoisotopic (exact) mass is 406 g/mol. The Kier molecular flexibility index (Phi) is 4.60. The molecule has 0 saturated carbocycles. The van der Waals surface area contributed by atoms with Crippen LogP contribution in [0.15, 0.2) is 48.8 Å². The zero-order valence-corrected chi connectivity index (χ0v) is 16.5. The van der Waals surface area contributed by atoms with Crippen molar-refractivity contribution >= 4 is 40.0 Å². The standard InChI is InChI=1S/C20H22N8O2/c1-14(29)21-19-17(15-6-2-4-8-27(15)24-19)22-23-18-16-7-3-5-9-28(16)25-20(18)26-10-12-30-13-11-26/h2-9,22-23H,10-13H2,1H3,(H,21,24,29). The van der Waals surface area contributed by atoms with Gasteiger partial charge in [-0.2, -0.15) is 0 Å². The van der Waals surface area contributed by atoms with E-state index in [0.717, 1.165) is 35.6 Å². The molecule has 10 nitrogen and oxygen atoms in total. The summed E-state index contributed by atoms with van der Waals surface area (Å²) in [6.45, 7) is 4.34. The van der Waals surface area contributed by atoms with Gasteiger partial charge in [-0.05, 0) is 24.3 Å². The van der Waals surface area contributed by atoms with Crippen LogP contribution in [-0.4, -0.2) is 51.4 Å². The van der Waals surface area contributed by atoms with Gasteiger partial charge in [0.25, 0.3) is 0 Å². The summed E-state index contributed by atoms with van der Waals surface area (Å²) in [5, 5.41) is 12.0. The van der Waals surface area contributed by atoms with E-state index in [1.54, 1.807) is 4.52 Å². The van der Waals surface area contributed by atoms with Gasteiger partial charge in [-0.1, -0.05) is 12.1 Å². The molecule has 0 atom stereocenters. The number of anilines is 4. The number of fused-ring (bicyclic) bond motifs is 2. The summed E-state index contributed by atoms with van der Waals surface area (Å²) in [5.41, 5.74) is 9.87. The van der Waals surface area contributed by atoms with E-state index in [1.165, 1.54) is 6.92 Å². The molecule has 1 aliphatic rings. The molecule has 1 aliphatic heterocycles. The minimum absolute atomic E-state index is 0.188. The van der Waals surface area contributed by atoms with E-state index in [9.17, 15) is 4.79 Å². The molecule has 3 N–H and O–H groups in total. The highest BCUT2D eigenvalue weighted by molar-refractivity contribution is 5.96. The van der Waals surface area contributed by atoms with Crippen molar-refractivity contribution in [2.24, 2.45) is 0 Å². The van der Waals surface area contributed by atoms with Crippen LogP contribution in [-0.2, 0) is 9.53 Å². The van der Waals surface area contributed by atoms with E-state index in [2.05, 4.69) is 26.2 Å². The lowest BCUT2D eigenvalue weighted by Gasteiger charge is -2.27. The number of nitrogens with one attached hydrogen (secondary N) is 3. The number of hydrogen-bond donors (Lipinski definition) is 3. The number of carbonyl (C=O) groups excluding carboxylic acids is 1. The smallest absolute Gasteiger partial charge is 0.222 e. The van der Waals surface area contributed by atoms with Crippen LogP contribution >= 0.6 is 0 Å². The van der Waals surface area contributed by atoms with Gasteiger partial charge in [0.15, 0.2) is 11.6 Å². The third kappa shape index (κ3) is 3.26. The van der Waals surface area contributed by atoms with Crippen LogP contribution in [0.4, 0.5) is 23.0 Å². The van der Waals surface area contributed by atoms with E-state index in [4.69, 9.17) is 9.84 Å². The van der Waals surface area contributed by atoms with Crippen molar-refractivity contribution in [1.82, 2.24) is 19.2 Å². The van der Waals surface area contributed by atoms with E-state index in [-0.39, 0.29) is 5.91 Å². The Balaban J connectivity index is 1.53. The topological polar surface area (TPSA) is 100 Å². The number of morpholine rings is 1. The highest BCUT2D eigenvalue weighted by atomic mass is 16.5. The maximum atomic E-state index is 11.7. The van der Waals surface area contributed by atoms with Crippen LogP contribution in [0, 0.1) is 0 Å². The Labute approximate surface area is 172 Å². The average Bonchev–Trinajstić information content (AvgIpc) is 3.30. The van der Waals surface area contributed by atoms with Gasteiger partial charge in [0, 0.05) is 32.4 Å². The Morgan fingerprint density at radius 2 is 1.57 bits per heavy atom. The molecular formula is C20H22N8O2. The summed E-state index contributed by atoms with van der Waals surface area (Å²) < 4.78 is 9.05. The van der Waals surface area contributed by atoms with E-state index < -0.39 is 0 Å². The van der Waals surface area contributed by atoms with Gasteiger partial charge < -0.3 is 15.0 Å². The van der Waals surface area contributed by atoms with Gasteiger partial charge in [-0.25, -0.2) is 9.03 Å². The number of hydrazine groups is 1. The summed E-state index contributed by atoms with van der Waals surface area (Å²) in [6.07, 6.45) is 3.75. The van der Waals surface area contributed by atoms with Crippen molar-refractivity contribution in [3.8, 4) is 0 Å². The molecule has 1 amide bonds. The SMILES string of the molecule is CC(=O)Nc1nn2ccccc2c1NNc1c(N2CCOCC2)nn2ccccc12. The third-order valence-corrected chi connectivity index (χ3v) is 4.98. The van der Waals surface area contributed by atoms with Crippen LogP contribution < -0.4 is 21.1 Å². The molecule has 0 bridgehead atoms. The molecule has 1 fully saturated rings. The Morgan fingerprint density at radius 1 is 0.933 bits per heavy atom. The van der Waals surface area contributed by atoms with Crippen LogP contribution in [0.3, 0.4) is 0 Å². The predicted molar refractivity (Wildman–Crippen MR) is 115 cm³/mol. The first kappa shape index (κ1) is 18.3. The van der Waals surface area contributed by atoms with Gasteiger partial charge >= 0.3 is 0 Å². The Hall–Kier alpha value is -3.79. The number of nitrogens with zero attached hydrogens (tertiary/aromatic N) is 5. The van der Waals surface area contributed by atoms with Gasteiger partial charge in [0.1, 0.15) is 11.4 Å². The molecule has 0 spiro atoms. The number of amides is 1. The molecule has 30 heavy (non-hydrogen) atoms. The molecular weight excluding hydrogens is 384 g/mol. The highest BCUT2D eigenvalue weighted by Crippen LogP contribution is 2.32. The molecule has 154 valence electrons. The predicted octanol–water partition coefficient (Wildman–Crippen LogP) is 2.22. The number of rotatable bonds is 5. The second-order valence-corrected chi connectivity index (χ2v) is 7.01. The van der Waals surface area contributed by atoms with Crippen LogP contribution in [0.25, 0.3) is 11.0 Å². The molecule has 0 aromatic carbocycles. The van der Waals surface area contributed by atoms with Crippen molar-refractivity contribution in [3.05, 3.63) is 48.8 Å². The molecule has 5 rings (SSSR count). The molecule has 4 aromatic rings. The molecule has 5 heterocycles. The van der Waals surface area contributed by atoms with E-state index >= 15 is 0 Å². The average molecular weight is 406 g/mol. The second-order valence-electron chi connectivity index (χ2n) is 7.01. The maximum Gasteiger partial charge on any atom is 0.222 e. The fourth-order valence-corrected chi connectivity index (χ4v) is 3.60.